The van der Waals surface area contributed by atoms with E-state index in [9.17, 15) is 18.4 Å². The predicted octanol–water partition coefficient (Wildman–Crippen LogP) is 5.40. The van der Waals surface area contributed by atoms with Crippen molar-refractivity contribution in [3.8, 4) is 11.1 Å². The summed E-state index contributed by atoms with van der Waals surface area (Å²) in [4.78, 5) is 31.0. The number of rotatable bonds is 7. The lowest BCUT2D eigenvalue weighted by molar-refractivity contribution is -0.139. The van der Waals surface area contributed by atoms with Crippen LogP contribution in [0.3, 0.4) is 0 Å². The molecule has 2 heterocycles. The number of halogens is 2. The van der Waals surface area contributed by atoms with E-state index >= 15 is 0 Å². The molecule has 0 bridgehead atoms. The number of anilines is 1. The van der Waals surface area contributed by atoms with Crippen LogP contribution in [0.25, 0.3) is 11.1 Å². The van der Waals surface area contributed by atoms with Gasteiger partial charge >= 0.3 is 5.97 Å². The van der Waals surface area contributed by atoms with Crippen LogP contribution in [0.1, 0.15) is 46.7 Å². The van der Waals surface area contributed by atoms with Gasteiger partial charge in [0.05, 0.1) is 12.1 Å². The van der Waals surface area contributed by atoms with E-state index in [1.165, 1.54) is 30.6 Å². The SMILES string of the molecule is COC(=O)CNC(=S)N1CCC(c2nc(C(=O)Nc3ccccc3-c3cccc(C(C)(F)F)c3)cs2)CC1. The highest BCUT2D eigenvalue weighted by Crippen LogP contribution is 2.34. The quantitative estimate of drug-likeness (QED) is 0.297. The number of amides is 1. The number of thiazole rings is 1. The molecule has 1 aliphatic rings. The molecule has 1 fully saturated rings. The Kier molecular flexibility index (Phi) is 8.68. The number of para-hydroxylation sites is 1. The molecule has 38 heavy (non-hydrogen) atoms. The van der Waals surface area contributed by atoms with Gasteiger partial charge in [-0.05, 0) is 42.8 Å². The average molecular weight is 559 g/mol. The van der Waals surface area contributed by atoms with Crippen LogP contribution in [-0.2, 0) is 15.5 Å². The molecular formula is C27H28F2N4O3S2. The van der Waals surface area contributed by atoms with Crippen LogP contribution >= 0.6 is 23.6 Å². The molecule has 200 valence electrons. The van der Waals surface area contributed by atoms with E-state index < -0.39 is 5.92 Å². The van der Waals surface area contributed by atoms with Gasteiger partial charge in [0.15, 0.2) is 5.11 Å². The Labute approximate surface area is 229 Å². The Morgan fingerprint density at radius 1 is 1.18 bits per heavy atom. The van der Waals surface area contributed by atoms with Crippen LogP contribution < -0.4 is 10.6 Å². The van der Waals surface area contributed by atoms with Crippen molar-refractivity contribution in [3.63, 3.8) is 0 Å². The molecule has 0 atom stereocenters. The summed E-state index contributed by atoms with van der Waals surface area (Å²) in [6, 6.07) is 13.3. The second-order valence-corrected chi connectivity index (χ2v) is 10.3. The molecule has 3 aromatic rings. The van der Waals surface area contributed by atoms with E-state index in [0.717, 1.165) is 24.8 Å². The number of piperidine rings is 1. The Balaban J connectivity index is 1.39. The van der Waals surface area contributed by atoms with Gasteiger partial charge in [-0.15, -0.1) is 11.3 Å². The number of likely N-dealkylation sites (tertiary alicyclic amines) is 1. The third-order valence-electron chi connectivity index (χ3n) is 6.35. The maximum atomic E-state index is 13.9. The van der Waals surface area contributed by atoms with Crippen LogP contribution in [0.15, 0.2) is 53.9 Å². The van der Waals surface area contributed by atoms with Crippen LogP contribution in [0.4, 0.5) is 14.5 Å². The van der Waals surface area contributed by atoms with Gasteiger partial charge in [0, 0.05) is 48.1 Å². The molecule has 0 spiro atoms. The molecule has 2 N–H and O–H groups in total. The summed E-state index contributed by atoms with van der Waals surface area (Å²) < 4.78 is 32.4. The van der Waals surface area contributed by atoms with Gasteiger partial charge in [-0.3, -0.25) is 9.59 Å². The minimum Gasteiger partial charge on any atom is -0.468 e. The highest BCUT2D eigenvalue weighted by Gasteiger charge is 2.26. The van der Waals surface area contributed by atoms with Gasteiger partial charge in [0.2, 0.25) is 0 Å². The number of nitrogens with one attached hydrogen (secondary N) is 2. The number of carbonyl (C=O) groups excluding carboxylic acids is 2. The molecule has 0 aliphatic carbocycles. The summed E-state index contributed by atoms with van der Waals surface area (Å²) in [5.74, 6) is -3.50. The average Bonchev–Trinajstić information content (AvgIpc) is 3.42. The van der Waals surface area contributed by atoms with Gasteiger partial charge < -0.3 is 20.3 Å². The first kappa shape index (κ1) is 27.6. The highest BCUT2D eigenvalue weighted by atomic mass is 32.1. The number of esters is 1. The minimum atomic E-state index is -2.97. The first-order valence-electron chi connectivity index (χ1n) is 12.1. The number of thiocarbonyl (C=S) groups is 1. The summed E-state index contributed by atoms with van der Waals surface area (Å²) in [6.45, 7) is 2.31. The zero-order chi connectivity index (χ0) is 27.3. The van der Waals surface area contributed by atoms with Gasteiger partial charge in [-0.1, -0.05) is 36.4 Å². The van der Waals surface area contributed by atoms with Gasteiger partial charge in [-0.2, -0.15) is 0 Å². The van der Waals surface area contributed by atoms with Gasteiger partial charge in [0.1, 0.15) is 12.2 Å². The first-order valence-corrected chi connectivity index (χ1v) is 13.4. The molecule has 0 radical (unpaired) electrons. The molecule has 1 saturated heterocycles. The Morgan fingerprint density at radius 3 is 2.63 bits per heavy atom. The van der Waals surface area contributed by atoms with Crippen LogP contribution in [0, 0.1) is 0 Å². The van der Waals surface area contributed by atoms with Gasteiger partial charge in [-0.25, -0.2) is 13.8 Å². The number of methoxy groups -OCH3 is 1. The highest BCUT2D eigenvalue weighted by molar-refractivity contribution is 7.80. The molecule has 1 amide bonds. The summed E-state index contributed by atoms with van der Waals surface area (Å²) >= 11 is 6.81. The van der Waals surface area contributed by atoms with Crippen molar-refractivity contribution in [1.82, 2.24) is 15.2 Å². The molecule has 11 heteroatoms. The lowest BCUT2D eigenvalue weighted by Gasteiger charge is -2.33. The maximum absolute atomic E-state index is 13.9. The number of benzene rings is 2. The fourth-order valence-electron chi connectivity index (χ4n) is 4.23. The minimum absolute atomic E-state index is 0.0276. The van der Waals surface area contributed by atoms with Crippen molar-refractivity contribution in [2.24, 2.45) is 0 Å². The summed E-state index contributed by atoms with van der Waals surface area (Å²) in [5.41, 5.74) is 1.97. The lowest BCUT2D eigenvalue weighted by Crippen LogP contribution is -2.45. The predicted molar refractivity (Wildman–Crippen MR) is 148 cm³/mol. The maximum Gasteiger partial charge on any atom is 0.325 e. The fraction of sp³-hybridized carbons (Fsp3) is 0.333. The molecule has 0 saturated carbocycles. The normalized spacial score (nSPS) is 14.2. The number of alkyl halides is 2. The Hall–Kier alpha value is -3.44. The topological polar surface area (TPSA) is 83.6 Å². The Morgan fingerprint density at radius 2 is 1.92 bits per heavy atom. The van der Waals surface area contributed by atoms with Gasteiger partial charge in [0.25, 0.3) is 11.8 Å². The molecule has 4 rings (SSSR count). The second kappa shape index (κ2) is 12.0. The van der Waals surface area contributed by atoms with Crippen LogP contribution in [0.5, 0.6) is 0 Å². The summed E-state index contributed by atoms with van der Waals surface area (Å²) in [7, 11) is 1.33. The monoisotopic (exact) mass is 558 g/mol. The van der Waals surface area contributed by atoms with E-state index in [2.05, 4.69) is 20.4 Å². The molecule has 1 aliphatic heterocycles. The van der Waals surface area contributed by atoms with Crippen molar-refractivity contribution >= 4 is 46.2 Å². The molecule has 0 unspecified atom stereocenters. The van der Waals surface area contributed by atoms with E-state index in [-0.39, 0.29) is 29.9 Å². The lowest BCUT2D eigenvalue weighted by atomic mass is 9.98. The Bertz CT molecular complexity index is 1320. The second-order valence-electron chi connectivity index (χ2n) is 9.04. The summed E-state index contributed by atoms with van der Waals surface area (Å²) in [5, 5.41) is 8.94. The molecule has 2 aromatic carbocycles. The third kappa shape index (κ3) is 6.70. The first-order chi connectivity index (χ1) is 18.2. The number of hydrogen-bond acceptors (Lipinski definition) is 6. The third-order valence-corrected chi connectivity index (χ3v) is 7.76. The van der Waals surface area contributed by atoms with Crippen molar-refractivity contribution in [1.29, 1.82) is 0 Å². The smallest absolute Gasteiger partial charge is 0.325 e. The van der Waals surface area contributed by atoms with Crippen molar-refractivity contribution in [3.05, 3.63) is 70.2 Å². The zero-order valence-electron chi connectivity index (χ0n) is 21.0. The van der Waals surface area contributed by atoms with Crippen molar-refractivity contribution in [2.45, 2.75) is 31.6 Å². The fourth-order valence-corrected chi connectivity index (χ4v) is 5.46. The standard InChI is InChI=1S/C27H28F2N4O3S2/c1-27(28,29)19-7-5-6-18(14-19)20-8-3-4-9-21(20)31-24(35)22-16-38-25(32-22)17-10-12-33(13-11-17)26(37)30-15-23(34)36-2/h3-9,14,16-17H,10-13,15H2,1-2H3,(H,30,37)(H,31,35). The molecular weight excluding hydrogens is 530 g/mol. The zero-order valence-corrected chi connectivity index (χ0v) is 22.6. The van der Waals surface area contributed by atoms with E-state index in [0.29, 0.717) is 40.7 Å². The van der Waals surface area contributed by atoms with Crippen molar-refractivity contribution < 1.29 is 23.1 Å². The number of carbonyl (C=O) groups is 2. The van der Waals surface area contributed by atoms with E-state index in [4.69, 9.17) is 12.2 Å². The number of nitrogens with zero attached hydrogens (tertiary/aromatic N) is 2. The van der Waals surface area contributed by atoms with Crippen molar-refractivity contribution in [2.75, 3.05) is 32.1 Å². The van der Waals surface area contributed by atoms with E-state index in [1.807, 2.05) is 4.90 Å². The number of ether oxygens (including phenoxy) is 1. The van der Waals surface area contributed by atoms with E-state index in [1.54, 1.807) is 41.8 Å². The summed E-state index contributed by atoms with van der Waals surface area (Å²) in [6.07, 6.45) is 1.63. The van der Waals surface area contributed by atoms with Crippen LogP contribution in [-0.4, -0.2) is 53.6 Å². The number of aromatic nitrogens is 1. The number of hydrogen-bond donors (Lipinski definition) is 2. The van der Waals surface area contributed by atoms with Crippen LogP contribution in [0.2, 0.25) is 0 Å². The largest absolute Gasteiger partial charge is 0.468 e. The molecule has 7 nitrogen and oxygen atoms in total. The molecule has 1 aromatic heterocycles.